The monoisotopic (exact) mass is 371 g/mol. The van der Waals surface area contributed by atoms with Gasteiger partial charge in [-0.3, -0.25) is 9.59 Å². The van der Waals surface area contributed by atoms with Crippen molar-refractivity contribution >= 4 is 24.2 Å². The second-order valence-corrected chi connectivity index (χ2v) is 7.84. The average molecular weight is 372 g/mol. The molecule has 0 aromatic carbocycles. The Labute approximate surface area is 158 Å². The Hall–Kier alpha value is -0.810. The molecule has 0 radical (unpaired) electrons. The first kappa shape index (κ1) is 20.5. The zero-order valence-electron chi connectivity index (χ0n) is 15.5. The van der Waals surface area contributed by atoms with Crippen LogP contribution >= 0.6 is 12.4 Å². The number of likely N-dealkylation sites (tertiary alicyclic amines) is 1. The molecule has 3 fully saturated rings. The van der Waals surface area contributed by atoms with Crippen LogP contribution < -0.4 is 5.32 Å². The van der Waals surface area contributed by atoms with Crippen molar-refractivity contribution in [1.82, 2.24) is 15.1 Å². The molecule has 3 aliphatic rings. The van der Waals surface area contributed by atoms with Gasteiger partial charge in [-0.1, -0.05) is 32.6 Å². The quantitative estimate of drug-likeness (QED) is 0.807. The zero-order valence-corrected chi connectivity index (χ0v) is 16.4. The van der Waals surface area contributed by atoms with Crippen molar-refractivity contribution in [2.45, 2.75) is 64.3 Å². The highest BCUT2D eigenvalue weighted by molar-refractivity contribution is 5.85. The lowest BCUT2D eigenvalue weighted by atomic mass is 9.89. The van der Waals surface area contributed by atoms with Gasteiger partial charge in [-0.05, 0) is 31.6 Å². The van der Waals surface area contributed by atoms with Crippen LogP contribution in [0.4, 0.5) is 0 Å². The highest BCUT2D eigenvalue weighted by Gasteiger charge is 2.34. The third-order valence-corrected chi connectivity index (χ3v) is 6.21. The Bertz CT molecular complexity index is 454. The fourth-order valence-electron chi connectivity index (χ4n) is 4.77. The van der Waals surface area contributed by atoms with E-state index in [9.17, 15) is 9.59 Å². The third kappa shape index (κ3) is 5.10. The van der Waals surface area contributed by atoms with Gasteiger partial charge in [-0.2, -0.15) is 0 Å². The lowest BCUT2D eigenvalue weighted by molar-refractivity contribution is -0.143. The maximum atomic E-state index is 13.0. The Morgan fingerprint density at radius 2 is 1.96 bits per heavy atom. The molecule has 1 N–H and O–H groups in total. The van der Waals surface area contributed by atoms with Gasteiger partial charge in [0.05, 0.1) is 6.54 Å². The predicted molar refractivity (Wildman–Crippen MR) is 102 cm³/mol. The number of rotatable bonds is 5. The van der Waals surface area contributed by atoms with Gasteiger partial charge in [-0.15, -0.1) is 12.4 Å². The predicted octanol–water partition coefficient (Wildman–Crippen LogP) is 2.44. The third-order valence-electron chi connectivity index (χ3n) is 6.21. The summed E-state index contributed by atoms with van der Waals surface area (Å²) in [7, 11) is 0. The number of hydrogen-bond acceptors (Lipinski definition) is 3. The van der Waals surface area contributed by atoms with E-state index in [-0.39, 0.29) is 30.3 Å². The van der Waals surface area contributed by atoms with Gasteiger partial charge < -0.3 is 15.1 Å². The lowest BCUT2D eigenvalue weighted by Gasteiger charge is -2.42. The second kappa shape index (κ2) is 9.77. The normalized spacial score (nSPS) is 26.4. The minimum Gasteiger partial charge on any atom is -0.340 e. The van der Waals surface area contributed by atoms with E-state index in [2.05, 4.69) is 17.1 Å². The Kier molecular flexibility index (Phi) is 8.01. The maximum Gasteiger partial charge on any atom is 0.236 e. The molecule has 0 aromatic rings. The minimum atomic E-state index is 0. The van der Waals surface area contributed by atoms with Crippen molar-refractivity contribution in [2.75, 3.05) is 32.7 Å². The van der Waals surface area contributed by atoms with Crippen LogP contribution in [0.5, 0.6) is 0 Å². The maximum absolute atomic E-state index is 13.0. The molecule has 6 heteroatoms. The van der Waals surface area contributed by atoms with Gasteiger partial charge in [0.15, 0.2) is 0 Å². The van der Waals surface area contributed by atoms with Gasteiger partial charge in [0.25, 0.3) is 0 Å². The molecular formula is C19H34ClN3O2. The Morgan fingerprint density at radius 1 is 1.20 bits per heavy atom. The molecule has 2 heterocycles. The van der Waals surface area contributed by atoms with Gasteiger partial charge in [0.1, 0.15) is 0 Å². The summed E-state index contributed by atoms with van der Waals surface area (Å²) >= 11 is 0. The molecule has 25 heavy (non-hydrogen) atoms. The number of amides is 2. The van der Waals surface area contributed by atoms with Crippen LogP contribution in [-0.2, 0) is 9.59 Å². The first-order valence-electron chi connectivity index (χ1n) is 9.98. The van der Waals surface area contributed by atoms with Crippen LogP contribution in [0.1, 0.15) is 58.3 Å². The summed E-state index contributed by atoms with van der Waals surface area (Å²) < 4.78 is 0. The first-order chi connectivity index (χ1) is 11.7. The van der Waals surface area contributed by atoms with E-state index < -0.39 is 0 Å². The lowest BCUT2D eigenvalue weighted by Crippen LogP contribution is -2.58. The van der Waals surface area contributed by atoms with Gasteiger partial charge in [0.2, 0.25) is 11.8 Å². The standard InChI is InChI=1S/C19H33N3O2.ClH/c1-2-16(12-15-6-3-4-7-15)19(24)21-10-5-8-17(14-21)22-11-9-20-13-18(22)23;/h15-17,20H,2-14H2,1H3;1H. The highest BCUT2D eigenvalue weighted by atomic mass is 35.5. The Balaban J connectivity index is 0.00000225. The number of piperazine rings is 1. The number of nitrogens with one attached hydrogen (secondary N) is 1. The van der Waals surface area contributed by atoms with Crippen molar-refractivity contribution < 1.29 is 9.59 Å². The van der Waals surface area contributed by atoms with Gasteiger partial charge in [-0.25, -0.2) is 0 Å². The first-order valence-corrected chi connectivity index (χ1v) is 9.98. The molecule has 2 saturated heterocycles. The smallest absolute Gasteiger partial charge is 0.236 e. The molecule has 5 nitrogen and oxygen atoms in total. The molecule has 2 aliphatic heterocycles. The summed E-state index contributed by atoms with van der Waals surface area (Å²) in [5.74, 6) is 1.48. The molecule has 3 rings (SSSR count). The summed E-state index contributed by atoms with van der Waals surface area (Å²) in [6, 6.07) is 0.223. The van der Waals surface area contributed by atoms with E-state index in [0.717, 1.165) is 57.8 Å². The molecule has 0 bridgehead atoms. The second-order valence-electron chi connectivity index (χ2n) is 7.84. The number of nitrogens with zero attached hydrogens (tertiary/aromatic N) is 2. The average Bonchev–Trinajstić information content (AvgIpc) is 3.13. The fraction of sp³-hybridized carbons (Fsp3) is 0.895. The number of carbonyl (C=O) groups is 2. The Morgan fingerprint density at radius 3 is 2.64 bits per heavy atom. The molecule has 0 aromatic heterocycles. The van der Waals surface area contributed by atoms with Crippen LogP contribution in [0.25, 0.3) is 0 Å². The summed E-state index contributed by atoms with van der Waals surface area (Å²) in [6.45, 7) is 5.87. The summed E-state index contributed by atoms with van der Waals surface area (Å²) in [4.78, 5) is 29.3. The zero-order chi connectivity index (χ0) is 16.9. The summed E-state index contributed by atoms with van der Waals surface area (Å²) in [5.41, 5.74) is 0. The van der Waals surface area contributed by atoms with Crippen molar-refractivity contribution in [3.8, 4) is 0 Å². The topological polar surface area (TPSA) is 52.7 Å². The summed E-state index contributed by atoms with van der Waals surface area (Å²) in [6.07, 6.45) is 9.37. The molecule has 2 amide bonds. The van der Waals surface area contributed by atoms with Crippen molar-refractivity contribution in [3.63, 3.8) is 0 Å². The van der Waals surface area contributed by atoms with Gasteiger partial charge >= 0.3 is 0 Å². The number of piperidine rings is 1. The van der Waals surface area contributed by atoms with E-state index in [1.165, 1.54) is 25.7 Å². The van der Waals surface area contributed by atoms with Crippen LogP contribution in [0.2, 0.25) is 0 Å². The molecule has 1 saturated carbocycles. The molecule has 2 unspecified atom stereocenters. The SMILES string of the molecule is CCC(CC1CCCC1)C(=O)N1CCCC(N2CCNCC2=O)C1.Cl. The van der Waals surface area contributed by atoms with Crippen molar-refractivity contribution in [1.29, 1.82) is 0 Å². The molecule has 1 aliphatic carbocycles. The van der Waals surface area contributed by atoms with E-state index in [0.29, 0.717) is 12.5 Å². The highest BCUT2D eigenvalue weighted by Crippen LogP contribution is 2.32. The van der Waals surface area contributed by atoms with Crippen LogP contribution in [-0.4, -0.2) is 60.4 Å². The fourth-order valence-corrected chi connectivity index (χ4v) is 4.77. The number of hydrogen-bond donors (Lipinski definition) is 1. The summed E-state index contributed by atoms with van der Waals surface area (Å²) in [5, 5.41) is 3.13. The number of carbonyl (C=O) groups excluding carboxylic acids is 2. The molecule has 0 spiro atoms. The molecule has 144 valence electrons. The van der Waals surface area contributed by atoms with Crippen molar-refractivity contribution in [2.24, 2.45) is 11.8 Å². The van der Waals surface area contributed by atoms with E-state index in [1.54, 1.807) is 0 Å². The van der Waals surface area contributed by atoms with Crippen LogP contribution in [0, 0.1) is 11.8 Å². The van der Waals surface area contributed by atoms with Crippen molar-refractivity contribution in [3.05, 3.63) is 0 Å². The van der Waals surface area contributed by atoms with Gasteiger partial charge in [0, 0.05) is 38.1 Å². The van der Waals surface area contributed by atoms with E-state index in [4.69, 9.17) is 0 Å². The largest absolute Gasteiger partial charge is 0.340 e. The van der Waals surface area contributed by atoms with E-state index in [1.807, 2.05) is 4.90 Å². The molecule has 2 atom stereocenters. The van der Waals surface area contributed by atoms with Crippen LogP contribution in [0.15, 0.2) is 0 Å². The van der Waals surface area contributed by atoms with E-state index >= 15 is 0 Å². The molecular weight excluding hydrogens is 338 g/mol. The minimum absolute atomic E-state index is 0. The number of halogens is 1. The van der Waals surface area contributed by atoms with Crippen LogP contribution in [0.3, 0.4) is 0 Å².